The van der Waals surface area contributed by atoms with Gasteiger partial charge in [0.2, 0.25) is 0 Å². The third kappa shape index (κ3) is 3.56. The maximum absolute atomic E-state index is 11.2. The molecule has 1 aliphatic rings. The smallest absolute Gasteiger partial charge is 0.124 e. The Balaban J connectivity index is 2.12. The standard InChI is InChI=1S/C13H18BrNO2S/c1-9(8-18(2)16)15-12-5-6-17-13-4-3-10(14)7-11(12)13/h3-4,7,9,12,15H,5-6,8H2,1-2H3. The number of rotatable bonds is 4. The van der Waals surface area contributed by atoms with Crippen LogP contribution in [-0.4, -0.2) is 28.9 Å². The van der Waals surface area contributed by atoms with Gasteiger partial charge in [-0.2, -0.15) is 0 Å². The lowest BCUT2D eigenvalue weighted by Gasteiger charge is -2.29. The van der Waals surface area contributed by atoms with Gasteiger partial charge in [-0.3, -0.25) is 4.21 Å². The Bertz CT molecular complexity index is 453. The van der Waals surface area contributed by atoms with E-state index in [9.17, 15) is 4.21 Å². The summed E-state index contributed by atoms with van der Waals surface area (Å²) in [5, 5.41) is 3.54. The van der Waals surface area contributed by atoms with Crippen molar-refractivity contribution in [1.29, 1.82) is 0 Å². The van der Waals surface area contributed by atoms with Crippen LogP contribution in [0, 0.1) is 0 Å². The van der Waals surface area contributed by atoms with Crippen molar-refractivity contribution in [3.05, 3.63) is 28.2 Å². The lowest BCUT2D eigenvalue weighted by Crippen LogP contribution is -2.36. The summed E-state index contributed by atoms with van der Waals surface area (Å²) in [6, 6.07) is 6.61. The number of nitrogens with one attached hydrogen (secondary N) is 1. The van der Waals surface area contributed by atoms with Crippen LogP contribution in [0.25, 0.3) is 0 Å². The van der Waals surface area contributed by atoms with E-state index in [2.05, 4.69) is 34.2 Å². The largest absolute Gasteiger partial charge is 0.493 e. The molecule has 1 aromatic rings. The molecule has 0 radical (unpaired) electrons. The minimum Gasteiger partial charge on any atom is -0.493 e. The van der Waals surface area contributed by atoms with Gasteiger partial charge in [0.15, 0.2) is 0 Å². The van der Waals surface area contributed by atoms with Crippen molar-refractivity contribution < 1.29 is 8.95 Å². The van der Waals surface area contributed by atoms with Crippen molar-refractivity contribution >= 4 is 26.7 Å². The van der Waals surface area contributed by atoms with E-state index >= 15 is 0 Å². The SMILES string of the molecule is CC(CS(C)=O)NC1CCOc2ccc(Br)cc21. The summed E-state index contributed by atoms with van der Waals surface area (Å²) in [5.74, 6) is 1.63. The van der Waals surface area contributed by atoms with Gasteiger partial charge in [-0.05, 0) is 25.1 Å². The molecule has 1 aromatic carbocycles. The molecule has 5 heteroatoms. The van der Waals surface area contributed by atoms with Gasteiger partial charge in [0.25, 0.3) is 0 Å². The summed E-state index contributed by atoms with van der Waals surface area (Å²) in [6.45, 7) is 2.81. The molecule has 0 bridgehead atoms. The summed E-state index contributed by atoms with van der Waals surface area (Å²) in [7, 11) is -0.765. The Hall–Kier alpha value is -0.390. The van der Waals surface area contributed by atoms with E-state index in [4.69, 9.17) is 4.74 Å². The molecule has 0 fully saturated rings. The first kappa shape index (κ1) is 14.0. The fraction of sp³-hybridized carbons (Fsp3) is 0.538. The van der Waals surface area contributed by atoms with Crippen LogP contribution in [0.15, 0.2) is 22.7 Å². The summed E-state index contributed by atoms with van der Waals surface area (Å²) in [5.41, 5.74) is 1.18. The summed E-state index contributed by atoms with van der Waals surface area (Å²) in [4.78, 5) is 0. The van der Waals surface area contributed by atoms with Gasteiger partial charge >= 0.3 is 0 Å². The normalized spacial score (nSPS) is 21.8. The van der Waals surface area contributed by atoms with Crippen molar-refractivity contribution in [3.63, 3.8) is 0 Å². The Morgan fingerprint density at radius 2 is 2.39 bits per heavy atom. The molecule has 1 heterocycles. The van der Waals surface area contributed by atoms with Gasteiger partial charge in [-0.15, -0.1) is 0 Å². The molecule has 1 N–H and O–H groups in total. The highest BCUT2D eigenvalue weighted by atomic mass is 79.9. The van der Waals surface area contributed by atoms with Crippen molar-refractivity contribution in [2.75, 3.05) is 18.6 Å². The van der Waals surface area contributed by atoms with E-state index < -0.39 is 10.8 Å². The molecule has 18 heavy (non-hydrogen) atoms. The lowest BCUT2D eigenvalue weighted by atomic mass is 10.00. The summed E-state index contributed by atoms with van der Waals surface area (Å²) < 4.78 is 17.9. The van der Waals surface area contributed by atoms with E-state index in [1.807, 2.05) is 12.1 Å². The van der Waals surface area contributed by atoms with E-state index in [1.54, 1.807) is 6.26 Å². The lowest BCUT2D eigenvalue weighted by molar-refractivity contribution is 0.247. The predicted molar refractivity (Wildman–Crippen MR) is 78.5 cm³/mol. The van der Waals surface area contributed by atoms with Crippen LogP contribution in [0.3, 0.4) is 0 Å². The second-order valence-corrected chi connectivity index (χ2v) is 7.07. The van der Waals surface area contributed by atoms with Crippen LogP contribution < -0.4 is 10.1 Å². The third-order valence-electron chi connectivity index (χ3n) is 2.98. The number of ether oxygens (including phenoxy) is 1. The van der Waals surface area contributed by atoms with E-state index in [-0.39, 0.29) is 12.1 Å². The first-order chi connectivity index (χ1) is 8.56. The molecular formula is C13H18BrNO2S. The molecule has 100 valence electrons. The number of benzene rings is 1. The molecule has 3 nitrogen and oxygen atoms in total. The Labute approximate surface area is 119 Å². The molecule has 0 amide bonds. The third-order valence-corrected chi connectivity index (χ3v) is 4.44. The molecule has 2 rings (SSSR count). The van der Waals surface area contributed by atoms with Crippen molar-refractivity contribution in [2.45, 2.75) is 25.4 Å². The first-order valence-corrected chi connectivity index (χ1v) is 8.56. The number of hydrogen-bond donors (Lipinski definition) is 1. The number of hydrogen-bond acceptors (Lipinski definition) is 3. The highest BCUT2D eigenvalue weighted by molar-refractivity contribution is 9.10. The highest BCUT2D eigenvalue weighted by Gasteiger charge is 2.23. The van der Waals surface area contributed by atoms with Crippen LogP contribution in [0.1, 0.15) is 24.9 Å². The van der Waals surface area contributed by atoms with Crippen molar-refractivity contribution in [2.24, 2.45) is 0 Å². The second-order valence-electron chi connectivity index (χ2n) is 4.68. The van der Waals surface area contributed by atoms with Gasteiger partial charge in [0, 0.05) is 51.3 Å². The second kappa shape index (κ2) is 6.17. The monoisotopic (exact) mass is 331 g/mol. The van der Waals surface area contributed by atoms with Crippen LogP contribution in [-0.2, 0) is 10.8 Å². The molecule has 0 spiro atoms. The Kier molecular flexibility index (Phi) is 4.81. The molecule has 0 aliphatic carbocycles. The number of halogens is 1. The van der Waals surface area contributed by atoms with E-state index in [0.717, 1.165) is 23.2 Å². The van der Waals surface area contributed by atoms with Crippen molar-refractivity contribution in [3.8, 4) is 5.75 Å². The average Bonchev–Trinajstić information content (AvgIpc) is 2.28. The Morgan fingerprint density at radius 3 is 3.11 bits per heavy atom. The minimum atomic E-state index is -0.765. The van der Waals surface area contributed by atoms with Crippen molar-refractivity contribution in [1.82, 2.24) is 5.32 Å². The topological polar surface area (TPSA) is 38.3 Å². The molecule has 0 aromatic heterocycles. The maximum Gasteiger partial charge on any atom is 0.124 e. The maximum atomic E-state index is 11.2. The molecule has 0 saturated carbocycles. The zero-order chi connectivity index (χ0) is 13.1. The zero-order valence-corrected chi connectivity index (χ0v) is 13.0. The number of fused-ring (bicyclic) bond motifs is 1. The molecular weight excluding hydrogens is 314 g/mol. The van der Waals surface area contributed by atoms with Gasteiger partial charge < -0.3 is 10.1 Å². The predicted octanol–water partition coefficient (Wildman–Crippen LogP) is 2.63. The van der Waals surface area contributed by atoms with Crippen LogP contribution in [0.4, 0.5) is 0 Å². The molecule has 3 unspecified atom stereocenters. The van der Waals surface area contributed by atoms with Gasteiger partial charge in [0.1, 0.15) is 5.75 Å². The van der Waals surface area contributed by atoms with Crippen LogP contribution in [0.2, 0.25) is 0 Å². The van der Waals surface area contributed by atoms with Crippen LogP contribution >= 0.6 is 15.9 Å². The molecule has 3 atom stereocenters. The van der Waals surface area contributed by atoms with Gasteiger partial charge in [-0.1, -0.05) is 15.9 Å². The fourth-order valence-electron chi connectivity index (χ4n) is 2.28. The average molecular weight is 332 g/mol. The first-order valence-electron chi connectivity index (χ1n) is 6.04. The minimum absolute atomic E-state index is 0.241. The summed E-state index contributed by atoms with van der Waals surface area (Å²) >= 11 is 3.49. The highest BCUT2D eigenvalue weighted by Crippen LogP contribution is 2.34. The Morgan fingerprint density at radius 1 is 1.61 bits per heavy atom. The van der Waals surface area contributed by atoms with E-state index in [0.29, 0.717) is 5.75 Å². The zero-order valence-electron chi connectivity index (χ0n) is 10.6. The van der Waals surface area contributed by atoms with E-state index in [1.165, 1.54) is 5.56 Å². The molecule has 1 aliphatic heterocycles. The fourth-order valence-corrected chi connectivity index (χ4v) is 3.46. The summed E-state index contributed by atoms with van der Waals surface area (Å²) in [6.07, 6.45) is 2.69. The van der Waals surface area contributed by atoms with Gasteiger partial charge in [-0.25, -0.2) is 0 Å². The van der Waals surface area contributed by atoms with Gasteiger partial charge in [0.05, 0.1) is 6.61 Å². The van der Waals surface area contributed by atoms with Crippen LogP contribution in [0.5, 0.6) is 5.75 Å². The quantitative estimate of drug-likeness (QED) is 0.921. The molecule has 0 saturated heterocycles.